The molecule has 0 aromatic carbocycles. The number of hydrogen-bond acceptors (Lipinski definition) is 5. The average molecular weight is 399 g/mol. The molecule has 0 aliphatic heterocycles. The summed E-state index contributed by atoms with van der Waals surface area (Å²) in [5.74, 6) is 1.03. The summed E-state index contributed by atoms with van der Waals surface area (Å²) in [6.07, 6.45) is 4.21. The van der Waals surface area contributed by atoms with E-state index in [4.69, 9.17) is 9.47 Å². The first kappa shape index (κ1) is 24.2. The predicted octanol–water partition coefficient (Wildman–Crippen LogP) is 4.11. The summed E-state index contributed by atoms with van der Waals surface area (Å²) in [4.78, 5) is 35.4. The quantitative estimate of drug-likeness (QED) is 0.382. The molecule has 0 bridgehead atoms. The Balaban J connectivity index is 2.22. The number of rotatable bonds is 7. The number of ether oxygens (including phenoxy) is 2. The number of unbranched alkanes of at least 4 members (excludes halogenated alkanes) is 1. The second kappa shape index (κ2) is 11.3. The highest BCUT2D eigenvalue weighted by Crippen LogP contribution is 2.35. The molecule has 1 aliphatic rings. The third-order valence-corrected chi connectivity index (χ3v) is 4.98. The molecule has 7 heteroatoms. The lowest BCUT2D eigenvalue weighted by atomic mass is 9.75. The second-order valence-corrected chi connectivity index (χ2v) is 9.24. The van der Waals surface area contributed by atoms with Crippen LogP contribution in [0.25, 0.3) is 0 Å². The molecule has 2 N–H and O–H groups in total. The van der Waals surface area contributed by atoms with Crippen molar-refractivity contribution in [3.8, 4) is 0 Å². The molecular weight excluding hydrogens is 360 g/mol. The van der Waals surface area contributed by atoms with Crippen molar-refractivity contribution in [3.63, 3.8) is 0 Å². The molecule has 28 heavy (non-hydrogen) atoms. The Hall–Kier alpha value is -1.79. The van der Waals surface area contributed by atoms with Gasteiger partial charge in [0.05, 0.1) is 0 Å². The Morgan fingerprint density at radius 2 is 1.68 bits per heavy atom. The molecule has 0 aromatic heterocycles. The van der Waals surface area contributed by atoms with Crippen LogP contribution in [0.5, 0.6) is 0 Å². The lowest BCUT2D eigenvalue weighted by molar-refractivity contribution is -0.156. The molecule has 3 atom stereocenters. The lowest BCUT2D eigenvalue weighted by Gasteiger charge is -2.36. The fourth-order valence-corrected chi connectivity index (χ4v) is 3.52. The average Bonchev–Trinajstić information content (AvgIpc) is 2.55. The van der Waals surface area contributed by atoms with Crippen LogP contribution in [0.3, 0.4) is 0 Å². The third-order valence-electron chi connectivity index (χ3n) is 4.98. The van der Waals surface area contributed by atoms with E-state index >= 15 is 0 Å². The van der Waals surface area contributed by atoms with Gasteiger partial charge in [0.1, 0.15) is 11.7 Å². The lowest BCUT2D eigenvalue weighted by Crippen LogP contribution is -2.44. The van der Waals surface area contributed by atoms with Crippen LogP contribution in [0.15, 0.2) is 0 Å². The van der Waals surface area contributed by atoms with Gasteiger partial charge in [-0.2, -0.15) is 0 Å². The highest BCUT2D eigenvalue weighted by atomic mass is 16.6. The van der Waals surface area contributed by atoms with Crippen molar-refractivity contribution in [1.29, 1.82) is 0 Å². The van der Waals surface area contributed by atoms with Crippen molar-refractivity contribution in [3.05, 3.63) is 0 Å². The molecule has 0 unspecified atom stereocenters. The molecule has 1 fully saturated rings. The van der Waals surface area contributed by atoms with Crippen LogP contribution in [-0.2, 0) is 19.1 Å². The minimum absolute atomic E-state index is 0.0116. The highest BCUT2D eigenvalue weighted by Gasteiger charge is 2.33. The summed E-state index contributed by atoms with van der Waals surface area (Å²) in [5.41, 5.74) is 3.89. The molecular formula is C21H38N2O5. The van der Waals surface area contributed by atoms with Gasteiger partial charge in [-0.15, -0.1) is 0 Å². The molecule has 162 valence electrons. The van der Waals surface area contributed by atoms with E-state index in [-0.39, 0.29) is 24.4 Å². The maximum Gasteiger partial charge on any atom is 0.426 e. The van der Waals surface area contributed by atoms with Crippen LogP contribution in [0.1, 0.15) is 86.5 Å². The Morgan fingerprint density at radius 3 is 2.29 bits per heavy atom. The summed E-state index contributed by atoms with van der Waals surface area (Å²) in [6.45, 7) is 11.8. The van der Waals surface area contributed by atoms with E-state index in [1.807, 2.05) is 0 Å². The largest absolute Gasteiger partial charge is 0.462 e. The number of nitrogens with one attached hydrogen (secondary N) is 2. The smallest absolute Gasteiger partial charge is 0.426 e. The Morgan fingerprint density at radius 1 is 1.04 bits per heavy atom. The van der Waals surface area contributed by atoms with Gasteiger partial charge in [0.2, 0.25) is 5.91 Å². The van der Waals surface area contributed by atoms with Gasteiger partial charge in [-0.05, 0) is 64.2 Å². The minimum Gasteiger partial charge on any atom is -0.462 e. The van der Waals surface area contributed by atoms with Crippen molar-refractivity contribution in [2.24, 2.45) is 17.8 Å². The van der Waals surface area contributed by atoms with Gasteiger partial charge >= 0.3 is 12.1 Å². The van der Waals surface area contributed by atoms with Gasteiger partial charge in [-0.3, -0.25) is 15.0 Å². The Labute approximate surface area is 169 Å². The van der Waals surface area contributed by atoms with Crippen molar-refractivity contribution in [2.75, 3.05) is 0 Å². The van der Waals surface area contributed by atoms with Crippen molar-refractivity contribution in [2.45, 2.75) is 98.2 Å². The number of amides is 2. The Bertz CT molecular complexity index is 527. The van der Waals surface area contributed by atoms with Gasteiger partial charge in [0.15, 0.2) is 0 Å². The van der Waals surface area contributed by atoms with Gasteiger partial charge in [0.25, 0.3) is 0 Å². The van der Waals surface area contributed by atoms with Crippen LogP contribution in [0, 0.1) is 17.8 Å². The SMILES string of the molecule is CC(C)[C@@H]1CC[C@@H](C)C[C@H]1OC(=O)CCCCC(=O)NNC(=O)OC(C)(C)C. The van der Waals surface area contributed by atoms with Crippen LogP contribution in [-0.4, -0.2) is 29.7 Å². The summed E-state index contributed by atoms with van der Waals surface area (Å²) < 4.78 is 10.8. The monoisotopic (exact) mass is 398 g/mol. The first-order chi connectivity index (χ1) is 13.0. The Kier molecular flexibility index (Phi) is 9.76. The topological polar surface area (TPSA) is 93.7 Å². The molecule has 2 amide bonds. The summed E-state index contributed by atoms with van der Waals surface area (Å²) in [6, 6.07) is 0. The second-order valence-electron chi connectivity index (χ2n) is 9.24. The van der Waals surface area contributed by atoms with E-state index < -0.39 is 11.7 Å². The van der Waals surface area contributed by atoms with Crippen molar-refractivity contribution < 1.29 is 23.9 Å². The molecule has 0 aromatic rings. The minimum atomic E-state index is -0.703. The molecule has 0 heterocycles. The fourth-order valence-electron chi connectivity index (χ4n) is 3.52. The maximum atomic E-state index is 12.2. The summed E-state index contributed by atoms with van der Waals surface area (Å²) in [7, 11) is 0. The van der Waals surface area contributed by atoms with E-state index in [1.54, 1.807) is 20.8 Å². The summed E-state index contributed by atoms with van der Waals surface area (Å²) >= 11 is 0. The molecule has 7 nitrogen and oxygen atoms in total. The normalized spacial score (nSPS) is 22.5. The molecule has 0 saturated heterocycles. The van der Waals surface area contributed by atoms with E-state index in [0.29, 0.717) is 37.0 Å². The van der Waals surface area contributed by atoms with E-state index in [1.165, 1.54) is 6.42 Å². The zero-order valence-corrected chi connectivity index (χ0v) is 18.3. The number of carbonyl (C=O) groups excluding carboxylic acids is 3. The maximum absolute atomic E-state index is 12.2. The van der Waals surface area contributed by atoms with Gasteiger partial charge in [-0.1, -0.05) is 27.2 Å². The predicted molar refractivity (Wildman–Crippen MR) is 107 cm³/mol. The van der Waals surface area contributed by atoms with Crippen LogP contribution in [0.4, 0.5) is 4.79 Å². The molecule has 0 radical (unpaired) electrons. The van der Waals surface area contributed by atoms with Gasteiger partial charge in [0, 0.05) is 12.8 Å². The zero-order valence-electron chi connectivity index (χ0n) is 18.3. The molecule has 1 saturated carbocycles. The fraction of sp³-hybridized carbons (Fsp3) is 0.857. The zero-order chi connectivity index (χ0) is 21.3. The van der Waals surface area contributed by atoms with Crippen molar-refractivity contribution in [1.82, 2.24) is 10.9 Å². The first-order valence-corrected chi connectivity index (χ1v) is 10.4. The first-order valence-electron chi connectivity index (χ1n) is 10.4. The van der Waals surface area contributed by atoms with Gasteiger partial charge < -0.3 is 9.47 Å². The van der Waals surface area contributed by atoms with E-state index in [0.717, 1.165) is 12.8 Å². The highest BCUT2D eigenvalue weighted by molar-refractivity contribution is 5.79. The summed E-state index contributed by atoms with van der Waals surface area (Å²) in [5, 5.41) is 0. The van der Waals surface area contributed by atoms with Crippen LogP contribution in [0.2, 0.25) is 0 Å². The van der Waals surface area contributed by atoms with Crippen molar-refractivity contribution >= 4 is 18.0 Å². The van der Waals surface area contributed by atoms with Gasteiger partial charge in [-0.25, -0.2) is 10.2 Å². The third kappa shape index (κ3) is 9.95. The van der Waals surface area contributed by atoms with Crippen LogP contribution < -0.4 is 10.9 Å². The van der Waals surface area contributed by atoms with Crippen LogP contribution >= 0.6 is 0 Å². The van der Waals surface area contributed by atoms with E-state index in [2.05, 4.69) is 31.6 Å². The molecule has 1 rings (SSSR count). The van der Waals surface area contributed by atoms with E-state index in [9.17, 15) is 14.4 Å². The standard InChI is InChI=1S/C21H38N2O5/c1-14(2)16-12-11-15(3)13-17(16)27-19(25)10-8-7-9-18(24)22-23-20(26)28-21(4,5)6/h14-17H,7-13H2,1-6H3,(H,22,24)(H,23,26)/t15-,16+,17-/m1/s1. The molecule has 1 aliphatic carbocycles. The number of hydrazine groups is 1. The number of carbonyl (C=O) groups is 3. The number of esters is 1. The number of hydrogen-bond donors (Lipinski definition) is 2. The molecule has 0 spiro atoms.